The Morgan fingerprint density at radius 2 is 1.87 bits per heavy atom. The monoisotopic (exact) mass is 632 g/mol. The number of nitrogens with zero attached hydrogens (tertiary/aromatic N) is 1. The topological polar surface area (TPSA) is 109 Å². The number of benzene rings is 2. The van der Waals surface area contributed by atoms with E-state index < -0.39 is 0 Å². The van der Waals surface area contributed by atoms with Crippen LogP contribution in [0, 0.1) is 5.92 Å². The third-order valence-electron chi connectivity index (χ3n) is 7.75. The van der Waals surface area contributed by atoms with Gasteiger partial charge in [0.1, 0.15) is 23.3 Å². The fourth-order valence-electron chi connectivity index (χ4n) is 4.50. The molecule has 9 nitrogen and oxygen atoms in total. The van der Waals surface area contributed by atoms with Crippen LogP contribution in [-0.4, -0.2) is 57.5 Å². The number of para-hydroxylation sites is 1. The van der Waals surface area contributed by atoms with Gasteiger partial charge in [-0.05, 0) is 81.5 Å². The van der Waals surface area contributed by atoms with Gasteiger partial charge in [-0.1, -0.05) is 51.6 Å². The van der Waals surface area contributed by atoms with Crippen molar-refractivity contribution in [1.82, 2.24) is 5.32 Å². The summed E-state index contributed by atoms with van der Waals surface area (Å²) in [4.78, 5) is 37.1. The van der Waals surface area contributed by atoms with Gasteiger partial charge in [0.25, 0.3) is 5.91 Å². The van der Waals surface area contributed by atoms with Crippen LogP contribution in [0.2, 0.25) is 0 Å². The zero-order chi connectivity index (χ0) is 34.2. The van der Waals surface area contributed by atoms with Crippen LogP contribution in [0.4, 0.5) is 17.1 Å². The highest BCUT2D eigenvalue weighted by atomic mass is 16.5. The molecule has 1 unspecified atom stereocenters. The average Bonchev–Trinajstić information content (AvgIpc) is 3.05. The summed E-state index contributed by atoms with van der Waals surface area (Å²) in [5, 5.41) is 8.98. The molecule has 0 saturated heterocycles. The van der Waals surface area contributed by atoms with E-state index in [1.165, 1.54) is 11.3 Å². The highest BCUT2D eigenvalue weighted by Gasteiger charge is 2.25. The predicted octanol–water partition coefficient (Wildman–Crippen LogP) is 6.92. The van der Waals surface area contributed by atoms with E-state index in [0.29, 0.717) is 29.2 Å². The fraction of sp³-hybridized carbons (Fsp3) is 0.432. The normalized spacial score (nSPS) is 14.7. The molecule has 3 N–H and O–H groups in total. The second-order valence-electron chi connectivity index (χ2n) is 11.6. The van der Waals surface area contributed by atoms with Crippen LogP contribution in [0.15, 0.2) is 73.0 Å². The number of rotatable bonds is 11. The Morgan fingerprint density at radius 1 is 1.15 bits per heavy atom. The third-order valence-corrected chi connectivity index (χ3v) is 7.75. The summed E-state index contributed by atoms with van der Waals surface area (Å²) >= 11 is 0. The first kappa shape index (κ1) is 37.7. The Morgan fingerprint density at radius 3 is 2.50 bits per heavy atom. The summed E-state index contributed by atoms with van der Waals surface area (Å²) in [6.07, 6.45) is 7.73. The van der Waals surface area contributed by atoms with Gasteiger partial charge >= 0.3 is 0 Å². The molecule has 2 amide bonds. The highest BCUT2D eigenvalue weighted by Crippen LogP contribution is 2.31. The Labute approximate surface area is 275 Å². The lowest BCUT2D eigenvalue weighted by atomic mass is 10.0. The van der Waals surface area contributed by atoms with Crippen molar-refractivity contribution in [3.63, 3.8) is 0 Å². The first-order valence-corrected chi connectivity index (χ1v) is 15.9. The summed E-state index contributed by atoms with van der Waals surface area (Å²) in [5.41, 5.74) is 5.54. The van der Waals surface area contributed by atoms with Crippen LogP contribution < -0.4 is 25.6 Å². The summed E-state index contributed by atoms with van der Waals surface area (Å²) in [6, 6.07) is 11.2. The molecule has 2 heterocycles. The maximum Gasteiger partial charge on any atom is 0.253 e. The molecule has 4 rings (SSSR count). The van der Waals surface area contributed by atoms with E-state index in [-0.39, 0.29) is 29.6 Å². The van der Waals surface area contributed by atoms with Gasteiger partial charge in [-0.2, -0.15) is 0 Å². The van der Waals surface area contributed by atoms with Crippen molar-refractivity contribution < 1.29 is 23.9 Å². The number of Topliss-reactive ketones (excluding diaryl/α,β-unsaturated/α-hetero) is 1. The predicted molar refractivity (Wildman–Crippen MR) is 189 cm³/mol. The first-order valence-electron chi connectivity index (χ1n) is 15.9. The van der Waals surface area contributed by atoms with Crippen molar-refractivity contribution in [2.45, 2.75) is 66.3 Å². The molecule has 0 fully saturated rings. The number of carbonyl (C=O) groups excluding carboxylic acids is 3. The van der Waals surface area contributed by atoms with Gasteiger partial charge in [0.2, 0.25) is 5.91 Å². The maximum atomic E-state index is 12.7. The van der Waals surface area contributed by atoms with Crippen LogP contribution >= 0.6 is 0 Å². The van der Waals surface area contributed by atoms with Crippen LogP contribution in [0.5, 0.6) is 5.75 Å². The zero-order valence-electron chi connectivity index (χ0n) is 28.6. The van der Waals surface area contributed by atoms with E-state index in [0.717, 1.165) is 50.1 Å². The fourth-order valence-corrected chi connectivity index (χ4v) is 4.50. The van der Waals surface area contributed by atoms with E-state index >= 15 is 0 Å². The van der Waals surface area contributed by atoms with E-state index in [4.69, 9.17) is 9.47 Å². The quantitative estimate of drug-likeness (QED) is 0.140. The van der Waals surface area contributed by atoms with Crippen molar-refractivity contribution in [1.29, 1.82) is 0 Å². The number of aryl methyl sites for hydroxylation is 1. The number of amides is 2. The van der Waals surface area contributed by atoms with Crippen molar-refractivity contribution in [2.75, 3.05) is 49.4 Å². The number of ketones is 1. The van der Waals surface area contributed by atoms with Crippen LogP contribution in [0.3, 0.4) is 0 Å². The van der Waals surface area contributed by atoms with Crippen LogP contribution in [0.25, 0.3) is 0 Å². The van der Waals surface area contributed by atoms with Crippen molar-refractivity contribution in [3.05, 3.63) is 84.2 Å². The maximum absolute atomic E-state index is 12.7. The summed E-state index contributed by atoms with van der Waals surface area (Å²) in [5.74, 6) is 1.80. The molecule has 46 heavy (non-hydrogen) atoms. The number of methoxy groups -OCH3 is 2. The molecule has 1 atom stereocenters. The minimum atomic E-state index is -0.371. The Kier molecular flexibility index (Phi) is 15.6. The molecular weight excluding hydrogens is 580 g/mol. The molecule has 0 aliphatic carbocycles. The number of allylic oxidation sites excluding steroid dienone is 3. The Bertz CT molecular complexity index is 1380. The minimum absolute atomic E-state index is 0.0977. The summed E-state index contributed by atoms with van der Waals surface area (Å²) in [6.45, 7) is 19.1. The molecule has 0 bridgehead atoms. The second kappa shape index (κ2) is 19.1. The minimum Gasteiger partial charge on any atom is -0.497 e. The molecule has 250 valence electrons. The highest BCUT2D eigenvalue weighted by molar-refractivity contribution is 6.09. The smallest absolute Gasteiger partial charge is 0.253 e. The van der Waals surface area contributed by atoms with Crippen molar-refractivity contribution >= 4 is 34.7 Å². The molecule has 9 heteroatoms. The van der Waals surface area contributed by atoms with Gasteiger partial charge < -0.3 is 30.3 Å². The number of ether oxygens (including phenoxy) is 2. The molecule has 0 saturated carbocycles. The largest absolute Gasteiger partial charge is 0.497 e. The molecule has 0 radical (unpaired) electrons. The van der Waals surface area contributed by atoms with Gasteiger partial charge in [-0.15, -0.1) is 0 Å². The van der Waals surface area contributed by atoms with Crippen molar-refractivity contribution in [3.8, 4) is 5.75 Å². The number of hydrogen-bond donors (Lipinski definition) is 3. The van der Waals surface area contributed by atoms with Gasteiger partial charge in [0.05, 0.1) is 31.2 Å². The molecule has 2 aliphatic heterocycles. The average molecular weight is 633 g/mol. The van der Waals surface area contributed by atoms with E-state index in [1.807, 2.05) is 32.1 Å². The molecule has 2 aromatic rings. The van der Waals surface area contributed by atoms with Gasteiger partial charge in [0.15, 0.2) is 0 Å². The third kappa shape index (κ3) is 11.8. The van der Waals surface area contributed by atoms with E-state index in [1.54, 1.807) is 46.3 Å². The van der Waals surface area contributed by atoms with Gasteiger partial charge in [-0.3, -0.25) is 14.4 Å². The number of fused-ring (bicyclic) bond motifs is 2. The molecule has 0 aromatic heterocycles. The lowest BCUT2D eigenvalue weighted by molar-refractivity contribution is -0.119. The van der Waals surface area contributed by atoms with Gasteiger partial charge in [0, 0.05) is 31.2 Å². The standard InChI is InChI=1S/C23H28N4O3.C9H14O.C5H10O/c1-15-22(28)26-19-8-3-7-18(21(19)25-15)23(29)24-11-5-13-27-12-4-6-16-14-17(30-2)9-10-20(16)27;1-5-8(2)6-7-9(3)10-4;1-4(2)5(3)6/h3,7-10,14-15,25H,4-6,11-13H2,1-2H3,(H,24,29)(H,26,28);6-7H,2-3,5H2,1,4H3;4H,1-3H3/b;7-6-;. The number of anilines is 3. The Hall–Kier alpha value is -4.53. The Balaban J connectivity index is 0.000000382. The summed E-state index contributed by atoms with van der Waals surface area (Å²) in [7, 11) is 3.29. The number of carbonyl (C=O) groups is 3. The lowest BCUT2D eigenvalue weighted by Crippen LogP contribution is -2.38. The second-order valence-corrected chi connectivity index (χ2v) is 11.6. The van der Waals surface area contributed by atoms with E-state index in [9.17, 15) is 14.4 Å². The molecule has 2 aliphatic rings. The lowest BCUT2D eigenvalue weighted by Gasteiger charge is -2.31. The first-order chi connectivity index (χ1) is 21.9. The molecule has 2 aromatic carbocycles. The number of nitrogens with one attached hydrogen (secondary N) is 3. The van der Waals surface area contributed by atoms with Gasteiger partial charge in [-0.25, -0.2) is 0 Å². The molecular formula is C37H52N4O5. The summed E-state index contributed by atoms with van der Waals surface area (Å²) < 4.78 is 10.2. The molecule has 0 spiro atoms. The van der Waals surface area contributed by atoms with Crippen LogP contribution in [-0.2, 0) is 20.7 Å². The van der Waals surface area contributed by atoms with Crippen molar-refractivity contribution in [2.24, 2.45) is 5.92 Å². The zero-order valence-corrected chi connectivity index (χ0v) is 28.6. The van der Waals surface area contributed by atoms with Crippen LogP contribution in [0.1, 0.15) is 69.8 Å². The van der Waals surface area contributed by atoms with E-state index in [2.05, 4.69) is 53.1 Å². The number of hydrogen-bond acceptors (Lipinski definition) is 7. The SMILES string of the molecule is C=C(/C=C\C(=C)OC)CC.CC(=O)C(C)C.COc1ccc2c(c1)CCCN2CCCNC(=O)c1cccc2c1NC(C)C(=O)N2.